The summed E-state index contributed by atoms with van der Waals surface area (Å²) in [5.74, 6) is 7.66. The molecule has 1 aliphatic heterocycles. The van der Waals surface area contributed by atoms with E-state index in [9.17, 15) is 61.5 Å². The van der Waals surface area contributed by atoms with E-state index in [1.54, 1.807) is 31.7 Å². The number of aryl methyl sites for hydroxylation is 2. The van der Waals surface area contributed by atoms with Gasteiger partial charge in [-0.1, -0.05) is 134 Å². The summed E-state index contributed by atoms with van der Waals surface area (Å²) in [5.41, 5.74) is 10.0. The molecule has 5 aliphatic carbocycles. The average molecular weight is 1940 g/mol. The van der Waals surface area contributed by atoms with Crippen molar-refractivity contribution < 1.29 is 109 Å². The highest BCUT2D eigenvalue weighted by Crippen LogP contribution is 2.60. The number of aromatic hydroxyl groups is 1. The molecule has 10 amide bonds. The van der Waals surface area contributed by atoms with Gasteiger partial charge < -0.3 is 101 Å². The highest BCUT2D eigenvalue weighted by Gasteiger charge is 2.59. The highest BCUT2D eigenvalue weighted by molar-refractivity contribution is 7.85. The van der Waals surface area contributed by atoms with Crippen molar-refractivity contribution in [3.8, 4) is 17.6 Å². The fourth-order valence-corrected chi connectivity index (χ4v) is 20.6. The van der Waals surface area contributed by atoms with Crippen LogP contribution in [0.3, 0.4) is 0 Å². The van der Waals surface area contributed by atoms with Crippen LogP contribution in [0.15, 0.2) is 96.3 Å². The Morgan fingerprint density at radius 1 is 0.507 bits per heavy atom. The number of benzene rings is 4. The number of unbranched alkanes of at least 4 members (excludes halogenated alkanes) is 2. The quantitative estimate of drug-likeness (QED) is 0.00499. The van der Waals surface area contributed by atoms with Gasteiger partial charge >= 0.3 is 0 Å². The molecule has 4 aromatic carbocycles. The summed E-state index contributed by atoms with van der Waals surface area (Å²) in [7, 11) is -4.15. The summed E-state index contributed by atoms with van der Waals surface area (Å²) < 4.78 is 81.6. The first-order chi connectivity index (χ1) is 66.3. The van der Waals surface area contributed by atoms with Gasteiger partial charge in [-0.2, -0.15) is 8.42 Å². The first kappa shape index (κ1) is 110. The Balaban J connectivity index is 0.648. The van der Waals surface area contributed by atoms with Gasteiger partial charge in [0.15, 0.2) is 0 Å². The maximum atomic E-state index is 15.0. The molecular weight excluding hydrogens is 1790 g/mol. The molecule has 0 aromatic heterocycles. The third-order valence-corrected chi connectivity index (χ3v) is 28.5. The first-order valence-corrected chi connectivity index (χ1v) is 50.9. The number of hydrogen-bond donors (Lipinski definition) is 13. The first-order valence-electron chi connectivity index (χ1n) is 49.3. The standard InChI is InChI=1S/C102H148N12O23S/c1-70(2)92(96(123)108-71(3)94(121)109-77-33-29-73-31-35-85-99(4,79(73)66-77)41-18-43-101(85,6)97(124)112-98(125)102(7)44-19-42-100(5)80-67-78(115)34-30-74(80)32-36-86(100)102)111-95(122)82(110-89(118)40-50-130-54-58-134-62-64-136-60-56-132-52-47-106-87(116)37-38-91(120)114-68-76-22-14-13-20-72(76)27-28-75-21-15-16-25-83(75)114)24-11-9-17-45-105-90(119)69-137-84-26-12-8-10-23-81(93(84)113-103)104-46-51-131-55-59-135-63-61-133-57-53-129-49-39-88(117)107-48-65-138(126,127)128/h13-16,20-22,25,29-30,33-34,66-67,70-71,82,84-86,92,104,113,115H,8-12,17-19,23-24,26,31-32,35-65,68-69,103H2,1-7H3,(H,105,119)(H,106,116)(H,107,117)(H,108,123)(H,109,121)(H,110,118)(H,111,122)(H,112,124,125)(H,126,127,128)/b93-81-/t71-,82+,84?,85?,86+,92-,99+,100+,101-,102-/m0/s1. The minimum Gasteiger partial charge on any atom is -0.508 e. The second-order valence-corrected chi connectivity index (χ2v) is 39.5. The number of rotatable bonds is 57. The largest absolute Gasteiger partial charge is 0.508 e. The minimum atomic E-state index is -4.15. The summed E-state index contributed by atoms with van der Waals surface area (Å²) in [4.78, 5) is 140. The number of nitrogens with zero attached hydrogens (tertiary/aromatic N) is 1. The van der Waals surface area contributed by atoms with E-state index in [1.807, 2.05) is 92.7 Å². The van der Waals surface area contributed by atoms with Gasteiger partial charge in [0.25, 0.3) is 10.1 Å². The molecule has 10 atom stereocenters. The molecule has 14 N–H and O–H groups in total. The van der Waals surface area contributed by atoms with Crippen LogP contribution in [-0.2, 0) is 131 Å². The number of hydrogen-bond acceptors (Lipinski definition) is 25. The lowest BCUT2D eigenvalue weighted by Crippen LogP contribution is -2.60. The molecule has 10 rings (SSSR count). The molecule has 4 aromatic rings. The van der Waals surface area contributed by atoms with E-state index in [-0.39, 0.29) is 177 Å². The van der Waals surface area contributed by atoms with Crippen LogP contribution >= 0.6 is 0 Å². The number of anilines is 2. The zero-order chi connectivity index (χ0) is 99.1. The number of ether oxygens (including phenoxy) is 9. The van der Waals surface area contributed by atoms with Crippen molar-refractivity contribution in [3.05, 3.63) is 135 Å². The molecule has 760 valence electrons. The molecule has 0 bridgehead atoms. The molecule has 36 heteroatoms. The van der Waals surface area contributed by atoms with E-state index < -0.39 is 91.8 Å². The minimum absolute atomic E-state index is 0.00538. The number of carbonyl (C=O) groups is 10. The topological polar surface area (TPSA) is 478 Å². The Morgan fingerprint density at radius 3 is 1.67 bits per heavy atom. The zero-order valence-corrected chi connectivity index (χ0v) is 82.4. The maximum Gasteiger partial charge on any atom is 0.266 e. The number of hydrazine groups is 1. The van der Waals surface area contributed by atoms with Crippen LogP contribution in [0.5, 0.6) is 5.75 Å². The lowest BCUT2D eigenvalue weighted by molar-refractivity contribution is -0.150. The van der Waals surface area contributed by atoms with E-state index in [2.05, 4.69) is 79.0 Å². The van der Waals surface area contributed by atoms with Crippen molar-refractivity contribution in [2.45, 2.75) is 238 Å². The Kier molecular flexibility index (Phi) is 44.0. The second kappa shape index (κ2) is 55.3. The number of carbonyl (C=O) groups excluding carboxylic acids is 10. The second-order valence-electron chi connectivity index (χ2n) is 38.0. The average Bonchev–Trinajstić information content (AvgIpc) is 0.719. The number of phenols is 1. The van der Waals surface area contributed by atoms with Crippen LogP contribution in [-0.4, -0.2) is 246 Å². The smallest absolute Gasteiger partial charge is 0.266 e. The number of amides is 10. The van der Waals surface area contributed by atoms with Gasteiger partial charge in [-0.3, -0.25) is 63.7 Å². The molecule has 6 aliphatic rings. The number of para-hydroxylation sites is 1. The van der Waals surface area contributed by atoms with Gasteiger partial charge in [-0.15, -0.1) is 0 Å². The van der Waals surface area contributed by atoms with Crippen molar-refractivity contribution >= 4 is 80.6 Å². The molecule has 138 heavy (non-hydrogen) atoms. The fraction of sp³-hybridized carbons (Fsp3) is 0.627. The number of phenolic OH excluding ortho intramolecular Hbond substituents is 1. The summed E-state index contributed by atoms with van der Waals surface area (Å²) in [6.07, 6.45) is 12.7. The maximum absolute atomic E-state index is 15.0. The Morgan fingerprint density at radius 2 is 1.05 bits per heavy atom. The molecule has 2 fully saturated rings. The lowest BCUT2D eigenvalue weighted by atomic mass is 9.49. The fourth-order valence-electron chi connectivity index (χ4n) is 20.2. The van der Waals surface area contributed by atoms with Gasteiger partial charge in [0.05, 0.1) is 140 Å². The molecular formula is C102H148N12O23S. The van der Waals surface area contributed by atoms with Crippen LogP contribution in [0.1, 0.15) is 222 Å². The van der Waals surface area contributed by atoms with Crippen molar-refractivity contribution in [1.29, 1.82) is 0 Å². The molecule has 0 saturated heterocycles. The number of nitrogens with one attached hydrogen (secondary N) is 10. The normalized spacial score (nSPS) is 21.6. The molecule has 35 nitrogen and oxygen atoms in total. The summed E-state index contributed by atoms with van der Waals surface area (Å²) in [6, 6.07) is 23.3. The third kappa shape index (κ3) is 32.8. The zero-order valence-electron chi connectivity index (χ0n) is 81.6. The Hall–Kier alpha value is -10.0. The van der Waals surface area contributed by atoms with E-state index in [0.717, 1.165) is 103 Å². The van der Waals surface area contributed by atoms with Crippen molar-refractivity contribution in [3.63, 3.8) is 0 Å². The van der Waals surface area contributed by atoms with Crippen LogP contribution in [0, 0.1) is 40.4 Å². The van der Waals surface area contributed by atoms with Crippen molar-refractivity contribution in [2.75, 3.05) is 154 Å². The van der Waals surface area contributed by atoms with Crippen LogP contribution in [0.25, 0.3) is 0 Å². The third-order valence-electron chi connectivity index (χ3n) is 27.7. The van der Waals surface area contributed by atoms with Gasteiger partial charge in [0.2, 0.25) is 59.1 Å². The Bertz CT molecular complexity index is 4950. The number of imide groups is 1. The summed E-state index contributed by atoms with van der Waals surface area (Å²) in [5, 5.41) is 36.8. The van der Waals surface area contributed by atoms with Crippen LogP contribution in [0.4, 0.5) is 11.4 Å². The predicted octanol–water partition coefficient (Wildman–Crippen LogP) is 7.87. The van der Waals surface area contributed by atoms with E-state index in [4.69, 9.17) is 53.0 Å². The number of allylic oxidation sites excluding steroid dienone is 1. The number of fused-ring (bicyclic) bond motifs is 8. The van der Waals surface area contributed by atoms with Crippen molar-refractivity contribution in [2.24, 2.45) is 34.4 Å². The highest BCUT2D eigenvalue weighted by atomic mass is 32.2. The van der Waals surface area contributed by atoms with E-state index in [0.29, 0.717) is 121 Å². The van der Waals surface area contributed by atoms with Gasteiger partial charge in [-0.25, -0.2) is 0 Å². The van der Waals surface area contributed by atoms with Gasteiger partial charge in [-0.05, 0) is 189 Å². The molecule has 0 radical (unpaired) electrons. The molecule has 2 saturated carbocycles. The van der Waals surface area contributed by atoms with Crippen molar-refractivity contribution in [1.82, 2.24) is 48.0 Å². The predicted molar refractivity (Wildman–Crippen MR) is 519 cm³/mol. The van der Waals surface area contributed by atoms with Crippen LogP contribution in [0.2, 0.25) is 0 Å². The van der Waals surface area contributed by atoms with Crippen LogP contribution < -0.4 is 64.0 Å². The summed E-state index contributed by atoms with van der Waals surface area (Å²) in [6.45, 7) is 18.6. The van der Waals surface area contributed by atoms with E-state index >= 15 is 0 Å². The van der Waals surface area contributed by atoms with Gasteiger partial charge in [0, 0.05) is 74.4 Å². The molecule has 1 heterocycles. The number of nitrogens with two attached hydrogens (primary N) is 1. The van der Waals surface area contributed by atoms with E-state index in [1.165, 1.54) is 5.56 Å². The monoisotopic (exact) mass is 1940 g/mol. The van der Waals surface area contributed by atoms with Gasteiger partial charge in [0.1, 0.15) is 36.6 Å². The molecule has 0 spiro atoms. The Labute approximate surface area is 812 Å². The lowest BCUT2D eigenvalue weighted by Gasteiger charge is -2.56. The SMILES string of the molecule is CC(C)[C@H](NC(=O)[C@@H](CCCCCNC(=O)COC1CCCCC/C(NCCOCCOCCOCCOCCC(=O)NCCS(=O)(=O)O)=C\1NN)NC(=O)CCOCCOCCOCCOCCNC(=O)CCC(=O)N1Cc2ccccc2C#Cc2ccccc21)C(=O)N[C@@H](C)C(=O)Nc1ccc2c(c1)[C@@]1(C)CCC[C@](C)(C(=O)NC(=O)[C@@]3(C)CCC[C@]4(C)c5cc(O)ccc5CC[C@@H]34)C1CC2. The molecule has 2 unspecified atom stereocenters. The summed E-state index contributed by atoms with van der Waals surface area (Å²) >= 11 is 0.